The second-order valence-electron chi connectivity index (χ2n) is 6.83. The Labute approximate surface area is 192 Å². The van der Waals surface area contributed by atoms with Crippen LogP contribution in [0.1, 0.15) is 23.2 Å². The average Bonchev–Trinajstić information content (AvgIpc) is 2.76. The van der Waals surface area contributed by atoms with Crippen molar-refractivity contribution in [2.75, 3.05) is 53.0 Å². The molecule has 0 atom stereocenters. The first-order valence-corrected chi connectivity index (χ1v) is 10.7. The molecule has 1 aromatic carbocycles. The summed E-state index contributed by atoms with van der Waals surface area (Å²) in [6, 6.07) is 7.31. The van der Waals surface area contributed by atoms with Crippen molar-refractivity contribution >= 4 is 33.7 Å². The number of carboxylic acids is 1. The van der Waals surface area contributed by atoms with Crippen molar-refractivity contribution in [3.05, 3.63) is 34.3 Å². The van der Waals surface area contributed by atoms with Gasteiger partial charge in [-0.05, 0) is 30.7 Å². The fourth-order valence-electron chi connectivity index (χ4n) is 2.79. The average molecular weight is 526 g/mol. The lowest BCUT2D eigenvalue weighted by Gasteiger charge is -2.29. The predicted molar refractivity (Wildman–Crippen MR) is 114 cm³/mol. The number of hydrogen-bond acceptors (Lipinski definition) is 5. The molecule has 32 heavy (non-hydrogen) atoms. The first-order chi connectivity index (χ1) is 15.1. The van der Waals surface area contributed by atoms with Crippen LogP contribution in [0.15, 0.2) is 28.7 Å². The van der Waals surface area contributed by atoms with Gasteiger partial charge in [0.25, 0.3) is 5.91 Å². The molecule has 2 amide bonds. The number of carboxylic acid groups (broad SMARTS) is 1. The van der Waals surface area contributed by atoms with Crippen LogP contribution in [0, 0.1) is 0 Å². The van der Waals surface area contributed by atoms with Crippen molar-refractivity contribution in [2.45, 2.75) is 19.0 Å². The highest BCUT2D eigenvalue weighted by Gasteiger charge is 2.38. The molecule has 2 N–H and O–H groups in total. The van der Waals surface area contributed by atoms with Crippen LogP contribution in [0.4, 0.5) is 13.2 Å². The SMILES string of the molecule is COCCCN(CCC(=O)N1CCNCC1)C(=O)c1ccc(Br)cc1.O=C(O)C(F)(F)F. The highest BCUT2D eigenvalue weighted by atomic mass is 79.9. The summed E-state index contributed by atoms with van der Waals surface area (Å²) in [5.41, 5.74) is 0.634. The van der Waals surface area contributed by atoms with Crippen molar-refractivity contribution in [3.63, 3.8) is 0 Å². The van der Waals surface area contributed by atoms with Gasteiger partial charge in [-0.15, -0.1) is 0 Å². The van der Waals surface area contributed by atoms with Gasteiger partial charge in [0, 0.05) is 69.4 Å². The molecule has 1 aliphatic heterocycles. The van der Waals surface area contributed by atoms with E-state index in [2.05, 4.69) is 21.2 Å². The molecule has 1 aliphatic rings. The van der Waals surface area contributed by atoms with E-state index in [9.17, 15) is 22.8 Å². The molecule has 0 unspecified atom stereocenters. The Morgan fingerprint density at radius 2 is 1.72 bits per heavy atom. The third-order valence-corrected chi connectivity index (χ3v) is 4.99. The summed E-state index contributed by atoms with van der Waals surface area (Å²) in [5.74, 6) is -2.69. The van der Waals surface area contributed by atoms with E-state index in [-0.39, 0.29) is 11.8 Å². The van der Waals surface area contributed by atoms with E-state index in [0.717, 1.165) is 37.1 Å². The van der Waals surface area contributed by atoms with Gasteiger partial charge in [0.05, 0.1) is 0 Å². The smallest absolute Gasteiger partial charge is 0.475 e. The van der Waals surface area contributed by atoms with Gasteiger partial charge in [-0.3, -0.25) is 9.59 Å². The van der Waals surface area contributed by atoms with Crippen molar-refractivity contribution in [1.82, 2.24) is 15.1 Å². The number of piperazine rings is 1. The summed E-state index contributed by atoms with van der Waals surface area (Å²) in [6.45, 7) is 4.75. The number of benzene rings is 1. The van der Waals surface area contributed by atoms with E-state index in [1.807, 2.05) is 17.0 Å². The Morgan fingerprint density at radius 3 is 2.22 bits per heavy atom. The lowest BCUT2D eigenvalue weighted by molar-refractivity contribution is -0.192. The molecule has 180 valence electrons. The molecule has 1 saturated heterocycles. The summed E-state index contributed by atoms with van der Waals surface area (Å²) in [4.78, 5) is 37.7. The maximum Gasteiger partial charge on any atom is 0.490 e. The van der Waals surface area contributed by atoms with E-state index in [1.54, 1.807) is 24.1 Å². The normalized spacial score (nSPS) is 13.7. The predicted octanol–water partition coefficient (Wildman–Crippen LogP) is 2.38. The number of ether oxygens (including phenoxy) is 1. The molecule has 0 saturated carbocycles. The second-order valence-corrected chi connectivity index (χ2v) is 7.74. The largest absolute Gasteiger partial charge is 0.490 e. The molecular formula is C20H27BrF3N3O5. The van der Waals surface area contributed by atoms with E-state index in [0.29, 0.717) is 31.7 Å². The summed E-state index contributed by atoms with van der Waals surface area (Å²) >= 11 is 3.38. The van der Waals surface area contributed by atoms with Gasteiger partial charge in [0.1, 0.15) is 0 Å². The van der Waals surface area contributed by atoms with Crippen LogP contribution in [0.25, 0.3) is 0 Å². The number of halogens is 4. The van der Waals surface area contributed by atoms with Crippen LogP contribution in [0.2, 0.25) is 0 Å². The zero-order chi connectivity index (χ0) is 24.1. The lowest BCUT2D eigenvalue weighted by atomic mass is 10.2. The molecule has 0 aromatic heterocycles. The molecule has 1 fully saturated rings. The first kappa shape index (κ1) is 27.9. The summed E-state index contributed by atoms with van der Waals surface area (Å²) in [5, 5.41) is 10.4. The fourth-order valence-corrected chi connectivity index (χ4v) is 3.06. The molecular weight excluding hydrogens is 499 g/mol. The van der Waals surface area contributed by atoms with E-state index in [1.165, 1.54) is 0 Å². The number of carbonyl (C=O) groups is 3. The maximum absolute atomic E-state index is 12.8. The molecule has 1 heterocycles. The third kappa shape index (κ3) is 10.4. The molecule has 0 aliphatic carbocycles. The second kappa shape index (κ2) is 14.1. The highest BCUT2D eigenvalue weighted by Crippen LogP contribution is 2.14. The molecule has 0 bridgehead atoms. The zero-order valence-corrected chi connectivity index (χ0v) is 19.2. The van der Waals surface area contributed by atoms with Gasteiger partial charge in [-0.2, -0.15) is 13.2 Å². The summed E-state index contributed by atoms with van der Waals surface area (Å²) in [6.07, 6.45) is -3.98. The minimum Gasteiger partial charge on any atom is -0.475 e. The number of hydrogen-bond donors (Lipinski definition) is 2. The Bertz CT molecular complexity index is 741. The number of amides is 2. The van der Waals surface area contributed by atoms with Gasteiger partial charge in [-0.25, -0.2) is 4.79 Å². The van der Waals surface area contributed by atoms with E-state index >= 15 is 0 Å². The van der Waals surface area contributed by atoms with Crippen molar-refractivity contribution in [1.29, 1.82) is 0 Å². The zero-order valence-electron chi connectivity index (χ0n) is 17.7. The van der Waals surface area contributed by atoms with Crippen LogP contribution in [0.5, 0.6) is 0 Å². The number of nitrogens with zero attached hydrogens (tertiary/aromatic N) is 2. The quantitative estimate of drug-likeness (QED) is 0.505. The third-order valence-electron chi connectivity index (χ3n) is 4.46. The van der Waals surface area contributed by atoms with Crippen LogP contribution in [-0.2, 0) is 14.3 Å². The molecule has 0 radical (unpaired) electrons. The van der Waals surface area contributed by atoms with E-state index < -0.39 is 12.1 Å². The van der Waals surface area contributed by atoms with Crippen molar-refractivity contribution < 1.29 is 37.4 Å². The van der Waals surface area contributed by atoms with Gasteiger partial charge < -0.3 is 25.0 Å². The number of alkyl halides is 3. The molecule has 12 heteroatoms. The first-order valence-electron chi connectivity index (χ1n) is 9.88. The Morgan fingerprint density at radius 1 is 1.16 bits per heavy atom. The number of aliphatic carboxylic acids is 1. The van der Waals surface area contributed by atoms with Gasteiger partial charge in [0.15, 0.2) is 0 Å². The number of methoxy groups -OCH3 is 1. The Hall–Kier alpha value is -2.18. The van der Waals surface area contributed by atoms with Crippen LogP contribution >= 0.6 is 15.9 Å². The molecule has 8 nitrogen and oxygen atoms in total. The summed E-state index contributed by atoms with van der Waals surface area (Å²) < 4.78 is 37.8. The van der Waals surface area contributed by atoms with E-state index in [4.69, 9.17) is 14.6 Å². The fraction of sp³-hybridized carbons (Fsp3) is 0.550. The molecule has 0 spiro atoms. The minimum absolute atomic E-state index is 0.0447. The van der Waals surface area contributed by atoms with Crippen molar-refractivity contribution in [3.8, 4) is 0 Å². The minimum atomic E-state index is -5.08. The van der Waals surface area contributed by atoms with Gasteiger partial charge in [0.2, 0.25) is 5.91 Å². The molecule has 2 rings (SSSR count). The number of nitrogens with one attached hydrogen (secondary N) is 1. The Balaban J connectivity index is 0.000000633. The maximum atomic E-state index is 12.8. The van der Waals surface area contributed by atoms with Crippen molar-refractivity contribution in [2.24, 2.45) is 0 Å². The van der Waals surface area contributed by atoms with Crippen LogP contribution in [0.3, 0.4) is 0 Å². The highest BCUT2D eigenvalue weighted by molar-refractivity contribution is 9.10. The summed E-state index contributed by atoms with van der Waals surface area (Å²) in [7, 11) is 1.65. The Kier molecular flexibility index (Phi) is 12.2. The van der Waals surface area contributed by atoms with Gasteiger partial charge >= 0.3 is 12.1 Å². The van der Waals surface area contributed by atoms with Gasteiger partial charge in [-0.1, -0.05) is 15.9 Å². The lowest BCUT2D eigenvalue weighted by Crippen LogP contribution is -2.47. The molecule has 1 aromatic rings. The van der Waals surface area contributed by atoms with Crippen LogP contribution in [-0.4, -0.2) is 91.9 Å². The topological polar surface area (TPSA) is 99.2 Å². The standard InChI is InChI=1S/C18H26BrN3O3.C2HF3O2/c1-25-14-2-10-22(18(24)15-3-5-16(19)6-4-15)11-7-17(23)21-12-8-20-9-13-21;3-2(4,5)1(6)7/h3-6,20H,2,7-14H2,1H3;(H,6,7). The van der Waals surface area contributed by atoms with Crippen LogP contribution < -0.4 is 5.32 Å². The number of rotatable bonds is 8. The number of carbonyl (C=O) groups excluding carboxylic acids is 2. The monoisotopic (exact) mass is 525 g/mol.